The molecule has 0 saturated carbocycles. The maximum Gasteiger partial charge on any atom is 0.338 e. The lowest BCUT2D eigenvalue weighted by Crippen LogP contribution is -2.05. The molecule has 0 aliphatic heterocycles. The van der Waals surface area contributed by atoms with Gasteiger partial charge >= 0.3 is 5.97 Å². The number of hydrogen-bond acceptors (Lipinski definition) is 4. The van der Waals surface area contributed by atoms with E-state index in [1.54, 1.807) is 30.0 Å². The molecule has 0 saturated heterocycles. The molecule has 3 aromatic carbocycles. The Kier molecular flexibility index (Phi) is 6.34. The van der Waals surface area contributed by atoms with Crippen LogP contribution >= 0.6 is 11.8 Å². The van der Waals surface area contributed by atoms with Crippen molar-refractivity contribution in [1.82, 2.24) is 0 Å². The molecule has 3 aromatic rings. The lowest BCUT2D eigenvalue weighted by molar-refractivity contribution is 0.0472. The molecule has 0 fully saturated rings. The Morgan fingerprint density at radius 2 is 1.58 bits per heavy atom. The molecule has 0 spiro atoms. The van der Waals surface area contributed by atoms with Crippen molar-refractivity contribution < 1.29 is 14.3 Å². The topological polar surface area (TPSA) is 35.5 Å². The number of hydrogen-bond donors (Lipinski definition) is 0. The van der Waals surface area contributed by atoms with Crippen molar-refractivity contribution in [1.29, 1.82) is 0 Å². The van der Waals surface area contributed by atoms with E-state index in [1.165, 1.54) is 4.90 Å². The Labute approximate surface area is 158 Å². The summed E-state index contributed by atoms with van der Waals surface area (Å²) in [5, 5.41) is 0. The number of esters is 1. The lowest BCUT2D eigenvalue weighted by atomic mass is 10.2. The minimum atomic E-state index is -0.357. The number of benzene rings is 3. The molecule has 0 bridgehead atoms. The Morgan fingerprint density at radius 1 is 0.846 bits per heavy atom. The first-order valence-electron chi connectivity index (χ1n) is 8.31. The van der Waals surface area contributed by atoms with Crippen LogP contribution in [0.15, 0.2) is 83.8 Å². The van der Waals surface area contributed by atoms with Gasteiger partial charge in [0.25, 0.3) is 0 Å². The highest BCUT2D eigenvalue weighted by Gasteiger charge is 2.09. The van der Waals surface area contributed by atoms with E-state index in [0.29, 0.717) is 17.9 Å². The van der Waals surface area contributed by atoms with Crippen LogP contribution in [0.3, 0.4) is 0 Å². The highest BCUT2D eigenvalue weighted by atomic mass is 32.2. The van der Waals surface area contributed by atoms with Crippen molar-refractivity contribution in [3.8, 4) is 5.75 Å². The van der Waals surface area contributed by atoms with Gasteiger partial charge in [-0.25, -0.2) is 4.79 Å². The van der Waals surface area contributed by atoms with Crippen LogP contribution in [0, 0.1) is 0 Å². The predicted octanol–water partition coefficient (Wildman–Crippen LogP) is 5.34. The normalized spacial score (nSPS) is 10.3. The average molecular weight is 364 g/mol. The molecule has 0 unspecified atom stereocenters. The van der Waals surface area contributed by atoms with Crippen LogP contribution in [-0.2, 0) is 18.0 Å². The van der Waals surface area contributed by atoms with Gasteiger partial charge in [0.2, 0.25) is 0 Å². The van der Waals surface area contributed by atoms with Crippen LogP contribution in [0.5, 0.6) is 5.75 Å². The zero-order valence-electron chi connectivity index (χ0n) is 14.6. The summed E-state index contributed by atoms with van der Waals surface area (Å²) in [6, 6.07) is 25.0. The molecule has 0 heterocycles. The van der Waals surface area contributed by atoms with Gasteiger partial charge in [0.15, 0.2) is 0 Å². The Hall–Kier alpha value is -2.72. The maximum absolute atomic E-state index is 12.3. The van der Waals surface area contributed by atoms with Crippen LogP contribution in [0.2, 0.25) is 0 Å². The van der Waals surface area contributed by atoms with E-state index in [0.717, 1.165) is 11.1 Å². The van der Waals surface area contributed by atoms with Gasteiger partial charge in [0.1, 0.15) is 19.0 Å². The maximum atomic E-state index is 12.3. The Morgan fingerprint density at radius 3 is 2.31 bits per heavy atom. The predicted molar refractivity (Wildman–Crippen MR) is 105 cm³/mol. The van der Waals surface area contributed by atoms with Crippen molar-refractivity contribution in [2.24, 2.45) is 0 Å². The van der Waals surface area contributed by atoms with Crippen LogP contribution in [0.1, 0.15) is 21.5 Å². The second-order valence-corrected chi connectivity index (χ2v) is 6.61. The quantitative estimate of drug-likeness (QED) is 0.418. The van der Waals surface area contributed by atoms with Gasteiger partial charge in [-0.2, -0.15) is 0 Å². The molecule has 0 N–H and O–H groups in total. The molecule has 26 heavy (non-hydrogen) atoms. The highest BCUT2D eigenvalue weighted by molar-refractivity contribution is 7.98. The van der Waals surface area contributed by atoms with Crippen LogP contribution < -0.4 is 4.74 Å². The number of carbonyl (C=O) groups excluding carboxylic acids is 1. The standard InChI is InChI=1S/C22H20O3S/c1-26-21-12-10-18(11-13-21)16-25-22(23)19-8-5-9-20(14-19)24-15-17-6-3-2-4-7-17/h2-14H,15-16H2,1H3. The number of ether oxygens (including phenoxy) is 2. The molecular formula is C22H20O3S. The summed E-state index contributed by atoms with van der Waals surface area (Å²) >= 11 is 1.68. The van der Waals surface area contributed by atoms with Crippen molar-refractivity contribution in [2.45, 2.75) is 18.1 Å². The first-order chi connectivity index (χ1) is 12.7. The molecular weight excluding hydrogens is 344 g/mol. The minimum Gasteiger partial charge on any atom is -0.489 e. The van der Waals surface area contributed by atoms with Gasteiger partial charge in [-0.15, -0.1) is 11.8 Å². The van der Waals surface area contributed by atoms with E-state index < -0.39 is 0 Å². The SMILES string of the molecule is CSc1ccc(COC(=O)c2cccc(OCc3ccccc3)c2)cc1. The molecule has 3 nitrogen and oxygen atoms in total. The fraction of sp³-hybridized carbons (Fsp3) is 0.136. The third kappa shape index (κ3) is 5.14. The highest BCUT2D eigenvalue weighted by Crippen LogP contribution is 2.18. The summed E-state index contributed by atoms with van der Waals surface area (Å²) in [5.41, 5.74) is 2.53. The van der Waals surface area contributed by atoms with Crippen molar-refractivity contribution in [3.05, 3.63) is 95.6 Å². The largest absolute Gasteiger partial charge is 0.489 e. The zero-order chi connectivity index (χ0) is 18.2. The third-order valence-electron chi connectivity index (χ3n) is 3.85. The van der Waals surface area contributed by atoms with Crippen molar-refractivity contribution in [3.63, 3.8) is 0 Å². The lowest BCUT2D eigenvalue weighted by Gasteiger charge is -2.09. The van der Waals surface area contributed by atoms with E-state index >= 15 is 0 Å². The summed E-state index contributed by atoms with van der Waals surface area (Å²) in [4.78, 5) is 13.5. The molecule has 132 valence electrons. The molecule has 0 aliphatic carbocycles. The number of carbonyl (C=O) groups is 1. The van der Waals surface area contributed by atoms with E-state index in [1.807, 2.05) is 66.9 Å². The zero-order valence-corrected chi connectivity index (χ0v) is 15.4. The monoisotopic (exact) mass is 364 g/mol. The second kappa shape index (κ2) is 9.11. The molecule has 0 atom stereocenters. The van der Waals surface area contributed by atoms with E-state index in [2.05, 4.69) is 0 Å². The first kappa shape index (κ1) is 18.1. The van der Waals surface area contributed by atoms with Crippen LogP contribution in [-0.4, -0.2) is 12.2 Å². The summed E-state index contributed by atoms with van der Waals surface area (Å²) < 4.78 is 11.2. The molecule has 0 radical (unpaired) electrons. The number of thioether (sulfide) groups is 1. The van der Waals surface area contributed by atoms with E-state index in [9.17, 15) is 4.79 Å². The number of rotatable bonds is 7. The third-order valence-corrected chi connectivity index (χ3v) is 4.59. The molecule has 0 amide bonds. The van der Waals surface area contributed by atoms with Gasteiger partial charge in [-0.05, 0) is 47.7 Å². The summed E-state index contributed by atoms with van der Waals surface area (Å²) in [6.07, 6.45) is 2.03. The smallest absolute Gasteiger partial charge is 0.338 e. The summed E-state index contributed by atoms with van der Waals surface area (Å²) in [7, 11) is 0. The Balaban J connectivity index is 1.57. The molecule has 0 aliphatic rings. The van der Waals surface area contributed by atoms with Crippen LogP contribution in [0.25, 0.3) is 0 Å². The van der Waals surface area contributed by atoms with E-state index in [-0.39, 0.29) is 12.6 Å². The van der Waals surface area contributed by atoms with Gasteiger partial charge in [-0.1, -0.05) is 48.5 Å². The van der Waals surface area contributed by atoms with E-state index in [4.69, 9.17) is 9.47 Å². The van der Waals surface area contributed by atoms with Gasteiger partial charge in [0.05, 0.1) is 5.56 Å². The van der Waals surface area contributed by atoms with Crippen molar-refractivity contribution >= 4 is 17.7 Å². The minimum absolute atomic E-state index is 0.253. The van der Waals surface area contributed by atoms with Gasteiger partial charge in [-0.3, -0.25) is 0 Å². The molecule has 3 rings (SSSR count). The van der Waals surface area contributed by atoms with Crippen LogP contribution in [0.4, 0.5) is 0 Å². The Bertz CT molecular complexity index is 845. The fourth-order valence-electron chi connectivity index (χ4n) is 2.41. The molecule has 4 heteroatoms. The van der Waals surface area contributed by atoms with Gasteiger partial charge in [0, 0.05) is 4.90 Å². The fourth-order valence-corrected chi connectivity index (χ4v) is 2.82. The van der Waals surface area contributed by atoms with Gasteiger partial charge < -0.3 is 9.47 Å². The second-order valence-electron chi connectivity index (χ2n) is 5.73. The summed E-state index contributed by atoms with van der Waals surface area (Å²) in [5.74, 6) is 0.289. The summed E-state index contributed by atoms with van der Waals surface area (Å²) in [6.45, 7) is 0.712. The first-order valence-corrected chi connectivity index (χ1v) is 9.54. The molecule has 0 aromatic heterocycles. The van der Waals surface area contributed by atoms with Crippen molar-refractivity contribution in [2.75, 3.05) is 6.26 Å². The average Bonchev–Trinajstić information content (AvgIpc) is 2.72.